The van der Waals surface area contributed by atoms with Crippen LogP contribution in [0.15, 0.2) is 36.4 Å². The number of hydrogen-bond acceptors (Lipinski definition) is 5. The Kier molecular flexibility index (Phi) is 3.91. The van der Waals surface area contributed by atoms with Gasteiger partial charge in [-0.15, -0.1) is 0 Å². The van der Waals surface area contributed by atoms with Gasteiger partial charge in [0.25, 0.3) is 0 Å². The number of nitrogens with one attached hydrogen (secondary N) is 1. The Bertz CT molecular complexity index is 919. The quantitative estimate of drug-likeness (QED) is 0.540. The summed E-state index contributed by atoms with van der Waals surface area (Å²) in [5, 5.41) is 2.29. The van der Waals surface area contributed by atoms with Crippen molar-refractivity contribution in [2.45, 2.75) is 0 Å². The summed E-state index contributed by atoms with van der Waals surface area (Å²) in [6.45, 7) is 0. The maximum Gasteiger partial charge on any atom is 0.396 e. The van der Waals surface area contributed by atoms with Crippen LogP contribution in [-0.2, 0) is 14.3 Å². The summed E-state index contributed by atoms with van der Waals surface area (Å²) in [5.41, 5.74) is 0.484. The van der Waals surface area contributed by atoms with E-state index in [9.17, 15) is 19.2 Å². The molecule has 0 radical (unpaired) electrons. The molecular weight excluding hydrogens is 334 g/mol. The minimum Gasteiger partial charge on any atom is -0.462 e. The van der Waals surface area contributed by atoms with Crippen molar-refractivity contribution >= 4 is 40.7 Å². The lowest BCUT2D eigenvalue weighted by Crippen LogP contribution is -2.28. The molecule has 0 fully saturated rings. The highest BCUT2D eigenvalue weighted by atomic mass is 35.5. The van der Waals surface area contributed by atoms with Crippen LogP contribution in [0.4, 0.5) is 5.69 Å². The van der Waals surface area contributed by atoms with E-state index in [1.165, 1.54) is 18.2 Å². The molecule has 0 atom stereocenters. The van der Waals surface area contributed by atoms with Gasteiger partial charge in [-0.3, -0.25) is 14.4 Å². The predicted molar refractivity (Wildman–Crippen MR) is 85.4 cm³/mol. The number of ether oxygens (including phenoxy) is 1. The van der Waals surface area contributed by atoms with Crippen molar-refractivity contribution in [3.8, 4) is 0 Å². The summed E-state index contributed by atoms with van der Waals surface area (Å²) >= 11 is 6.06. The average molecular weight is 344 g/mol. The van der Waals surface area contributed by atoms with E-state index in [0.29, 0.717) is 0 Å². The number of hydrogen-bond donors (Lipinski definition) is 1. The lowest BCUT2D eigenvalue weighted by atomic mass is 9.83. The molecule has 0 spiro atoms. The number of methoxy groups -OCH3 is 1. The van der Waals surface area contributed by atoms with E-state index in [0.717, 1.165) is 7.11 Å². The first kappa shape index (κ1) is 15.9. The fourth-order valence-corrected chi connectivity index (χ4v) is 2.75. The van der Waals surface area contributed by atoms with Gasteiger partial charge in [0.05, 0.1) is 23.4 Å². The maximum absolute atomic E-state index is 12.8. The summed E-state index contributed by atoms with van der Waals surface area (Å²) in [7, 11) is 1.05. The van der Waals surface area contributed by atoms with Crippen molar-refractivity contribution in [3.05, 3.63) is 63.7 Å². The van der Waals surface area contributed by atoms with Crippen LogP contribution in [0, 0.1) is 0 Å². The van der Waals surface area contributed by atoms with E-state index >= 15 is 0 Å². The lowest BCUT2D eigenvalue weighted by molar-refractivity contribution is -0.150. The first-order valence-electron chi connectivity index (χ1n) is 6.86. The third kappa shape index (κ3) is 2.37. The van der Waals surface area contributed by atoms with Gasteiger partial charge in [0.15, 0.2) is 11.6 Å². The van der Waals surface area contributed by atoms with Crippen molar-refractivity contribution in [2.24, 2.45) is 0 Å². The largest absolute Gasteiger partial charge is 0.462 e. The second-order valence-corrected chi connectivity index (χ2v) is 5.40. The Morgan fingerprint density at radius 1 is 0.958 bits per heavy atom. The molecule has 0 bridgehead atoms. The molecule has 0 aromatic heterocycles. The number of halogens is 1. The Balaban J connectivity index is 2.17. The zero-order chi connectivity index (χ0) is 17.4. The fourth-order valence-electron chi connectivity index (χ4n) is 2.54. The SMILES string of the molecule is COC(=O)C(=O)Nc1c(Cl)ccc2c1C(=O)c1ccccc1C2=O. The summed E-state index contributed by atoms with van der Waals surface area (Å²) in [4.78, 5) is 48.4. The van der Waals surface area contributed by atoms with E-state index in [1.807, 2.05) is 0 Å². The van der Waals surface area contributed by atoms with Gasteiger partial charge in [0, 0.05) is 16.7 Å². The van der Waals surface area contributed by atoms with Gasteiger partial charge in [0.2, 0.25) is 0 Å². The van der Waals surface area contributed by atoms with E-state index in [-0.39, 0.29) is 38.7 Å². The van der Waals surface area contributed by atoms with Gasteiger partial charge in [-0.2, -0.15) is 0 Å². The van der Waals surface area contributed by atoms with Crippen molar-refractivity contribution in [1.82, 2.24) is 0 Å². The molecule has 0 unspecified atom stereocenters. The van der Waals surface area contributed by atoms with E-state index < -0.39 is 17.7 Å². The van der Waals surface area contributed by atoms with Gasteiger partial charge in [-0.25, -0.2) is 4.79 Å². The Hall–Kier alpha value is -2.99. The van der Waals surface area contributed by atoms with E-state index in [1.54, 1.807) is 18.2 Å². The molecule has 3 rings (SSSR count). The highest BCUT2D eigenvalue weighted by molar-refractivity contribution is 6.42. The number of amides is 1. The molecule has 2 aromatic carbocycles. The standard InChI is InChI=1S/C17H10ClNO5/c1-24-17(23)16(22)19-13-11(18)7-6-10-12(13)15(21)9-5-3-2-4-8(9)14(10)20/h2-7H,1H3,(H,19,22). The summed E-state index contributed by atoms with van der Waals surface area (Å²) in [5.74, 6) is -3.04. The molecule has 1 aliphatic rings. The van der Waals surface area contributed by atoms with Crippen LogP contribution in [-0.4, -0.2) is 30.6 Å². The number of anilines is 1. The number of carbonyl (C=O) groups is 4. The van der Waals surface area contributed by atoms with Gasteiger partial charge in [-0.05, 0) is 12.1 Å². The van der Waals surface area contributed by atoms with Crippen molar-refractivity contribution in [1.29, 1.82) is 0 Å². The van der Waals surface area contributed by atoms with Crippen LogP contribution in [0.1, 0.15) is 31.8 Å². The zero-order valence-corrected chi connectivity index (χ0v) is 13.1. The number of carbonyl (C=O) groups excluding carboxylic acids is 4. The number of benzene rings is 2. The predicted octanol–water partition coefficient (Wildman–Crippen LogP) is 2.23. The molecule has 0 saturated heterocycles. The Morgan fingerprint density at radius 2 is 1.58 bits per heavy atom. The van der Waals surface area contributed by atoms with Crippen LogP contribution in [0.3, 0.4) is 0 Å². The number of esters is 1. The monoisotopic (exact) mass is 343 g/mol. The highest BCUT2D eigenvalue weighted by Gasteiger charge is 2.33. The molecule has 0 aliphatic heterocycles. The summed E-state index contributed by atoms with van der Waals surface area (Å²) < 4.78 is 4.33. The fraction of sp³-hybridized carbons (Fsp3) is 0.0588. The first-order valence-corrected chi connectivity index (χ1v) is 7.23. The van der Waals surface area contributed by atoms with Crippen LogP contribution < -0.4 is 5.32 Å². The Labute approximate surface area is 141 Å². The second kappa shape index (κ2) is 5.90. The van der Waals surface area contributed by atoms with Gasteiger partial charge in [0.1, 0.15) is 0 Å². The second-order valence-electron chi connectivity index (χ2n) is 4.99. The van der Waals surface area contributed by atoms with Crippen molar-refractivity contribution in [2.75, 3.05) is 12.4 Å². The normalized spacial score (nSPS) is 12.2. The average Bonchev–Trinajstić information content (AvgIpc) is 2.60. The lowest BCUT2D eigenvalue weighted by Gasteiger charge is -2.21. The van der Waals surface area contributed by atoms with Crippen LogP contribution in [0.5, 0.6) is 0 Å². The van der Waals surface area contributed by atoms with Crippen LogP contribution in [0.2, 0.25) is 5.02 Å². The van der Waals surface area contributed by atoms with E-state index in [2.05, 4.69) is 10.1 Å². The molecule has 1 aliphatic carbocycles. The number of fused-ring (bicyclic) bond motifs is 2. The molecule has 1 amide bonds. The minimum absolute atomic E-state index is 0.0338. The molecular formula is C17H10ClNO5. The topological polar surface area (TPSA) is 89.5 Å². The summed E-state index contributed by atoms with van der Waals surface area (Å²) in [6, 6.07) is 9.16. The smallest absolute Gasteiger partial charge is 0.396 e. The molecule has 24 heavy (non-hydrogen) atoms. The molecule has 7 heteroatoms. The molecule has 0 saturated carbocycles. The van der Waals surface area contributed by atoms with E-state index in [4.69, 9.17) is 11.6 Å². The molecule has 2 aromatic rings. The van der Waals surface area contributed by atoms with Crippen molar-refractivity contribution < 1.29 is 23.9 Å². The van der Waals surface area contributed by atoms with Crippen LogP contribution >= 0.6 is 11.6 Å². The Morgan fingerprint density at radius 3 is 2.21 bits per heavy atom. The number of rotatable bonds is 1. The molecule has 120 valence electrons. The third-order valence-electron chi connectivity index (χ3n) is 3.65. The highest BCUT2D eigenvalue weighted by Crippen LogP contribution is 2.36. The van der Waals surface area contributed by atoms with Crippen LogP contribution in [0.25, 0.3) is 0 Å². The molecule has 0 heterocycles. The number of ketones is 2. The zero-order valence-electron chi connectivity index (χ0n) is 12.4. The first-order chi connectivity index (χ1) is 11.5. The molecule has 6 nitrogen and oxygen atoms in total. The van der Waals surface area contributed by atoms with Gasteiger partial charge in [-0.1, -0.05) is 35.9 Å². The van der Waals surface area contributed by atoms with Gasteiger partial charge < -0.3 is 10.1 Å². The molecule has 1 N–H and O–H groups in total. The minimum atomic E-state index is -1.14. The third-order valence-corrected chi connectivity index (χ3v) is 3.97. The summed E-state index contributed by atoms with van der Waals surface area (Å²) in [6.07, 6.45) is 0. The van der Waals surface area contributed by atoms with Crippen molar-refractivity contribution in [3.63, 3.8) is 0 Å². The maximum atomic E-state index is 12.8. The van der Waals surface area contributed by atoms with Gasteiger partial charge >= 0.3 is 11.9 Å².